The smallest absolute Gasteiger partial charge is 0.145 e. The molecule has 3 heteroatoms. The Bertz CT molecular complexity index is 514. The van der Waals surface area contributed by atoms with Gasteiger partial charge in [-0.15, -0.1) is 0 Å². The first-order valence-corrected chi connectivity index (χ1v) is 9.14. The lowest BCUT2D eigenvalue weighted by atomic mass is 9.69. The topological polar surface area (TPSA) is 26.0 Å². The Balaban J connectivity index is 1.61. The van der Waals surface area contributed by atoms with Gasteiger partial charge in [0.05, 0.1) is 5.02 Å². The third-order valence-electron chi connectivity index (χ3n) is 6.00. The van der Waals surface area contributed by atoms with E-state index in [2.05, 4.69) is 0 Å². The molecule has 2 aliphatic carbocycles. The van der Waals surface area contributed by atoms with Crippen LogP contribution < -0.4 is 5.73 Å². The zero-order valence-electron chi connectivity index (χ0n) is 13.5. The number of aryl methyl sites for hydroxylation is 1. The standard InChI is InChI=1S/C19H27ClFN/c1-12-2-11-17(19(21)18(12)20)15-5-3-13(4-6-15)14-7-9-16(22)10-8-14/h2,11,13-16H,3-10,22H2,1H3. The van der Waals surface area contributed by atoms with Crippen LogP contribution in [0.4, 0.5) is 4.39 Å². The van der Waals surface area contributed by atoms with Crippen LogP contribution in [0.25, 0.3) is 0 Å². The van der Waals surface area contributed by atoms with Crippen molar-refractivity contribution in [3.63, 3.8) is 0 Å². The molecule has 2 fully saturated rings. The molecule has 122 valence electrons. The van der Waals surface area contributed by atoms with Crippen molar-refractivity contribution in [2.45, 2.75) is 70.3 Å². The number of benzene rings is 1. The summed E-state index contributed by atoms with van der Waals surface area (Å²) in [5.41, 5.74) is 7.68. The van der Waals surface area contributed by atoms with Crippen molar-refractivity contribution in [1.29, 1.82) is 0 Å². The molecule has 0 heterocycles. The van der Waals surface area contributed by atoms with E-state index in [9.17, 15) is 4.39 Å². The second-order valence-electron chi connectivity index (χ2n) is 7.39. The van der Waals surface area contributed by atoms with E-state index >= 15 is 0 Å². The summed E-state index contributed by atoms with van der Waals surface area (Å²) in [4.78, 5) is 0. The highest BCUT2D eigenvalue weighted by atomic mass is 35.5. The molecule has 0 bridgehead atoms. The SMILES string of the molecule is Cc1ccc(C2CCC(C3CCC(N)CC3)CC2)c(F)c1Cl. The van der Waals surface area contributed by atoms with Crippen LogP contribution >= 0.6 is 11.6 Å². The average molecular weight is 324 g/mol. The van der Waals surface area contributed by atoms with E-state index < -0.39 is 0 Å². The van der Waals surface area contributed by atoms with E-state index in [0.29, 0.717) is 17.0 Å². The molecule has 0 radical (unpaired) electrons. The van der Waals surface area contributed by atoms with E-state index in [1.54, 1.807) is 0 Å². The molecule has 2 saturated carbocycles. The van der Waals surface area contributed by atoms with Gasteiger partial charge in [0.2, 0.25) is 0 Å². The Labute approximate surface area is 138 Å². The third kappa shape index (κ3) is 3.33. The summed E-state index contributed by atoms with van der Waals surface area (Å²) >= 11 is 6.08. The fourth-order valence-electron chi connectivity index (χ4n) is 4.49. The normalized spacial score (nSPS) is 32.9. The molecule has 0 spiro atoms. The van der Waals surface area contributed by atoms with Crippen LogP contribution in [0.2, 0.25) is 5.02 Å². The Hall–Kier alpha value is -0.600. The zero-order chi connectivity index (χ0) is 15.7. The van der Waals surface area contributed by atoms with Crippen LogP contribution in [-0.4, -0.2) is 6.04 Å². The summed E-state index contributed by atoms with van der Waals surface area (Å²) in [5.74, 6) is 1.84. The third-order valence-corrected chi connectivity index (χ3v) is 6.46. The van der Waals surface area contributed by atoms with Gasteiger partial charge in [-0.2, -0.15) is 0 Å². The number of rotatable bonds is 2. The van der Waals surface area contributed by atoms with Crippen LogP contribution in [0.1, 0.15) is 68.4 Å². The molecule has 22 heavy (non-hydrogen) atoms. The number of hydrogen-bond donors (Lipinski definition) is 1. The van der Waals surface area contributed by atoms with Crippen molar-refractivity contribution in [3.05, 3.63) is 34.1 Å². The fourth-order valence-corrected chi connectivity index (χ4v) is 4.67. The predicted molar refractivity (Wildman–Crippen MR) is 90.8 cm³/mol. The largest absolute Gasteiger partial charge is 0.328 e. The number of hydrogen-bond acceptors (Lipinski definition) is 1. The second kappa shape index (κ2) is 6.88. The molecule has 2 N–H and O–H groups in total. The minimum absolute atomic E-state index is 0.186. The summed E-state index contributed by atoms with van der Waals surface area (Å²) in [7, 11) is 0. The summed E-state index contributed by atoms with van der Waals surface area (Å²) < 4.78 is 14.4. The van der Waals surface area contributed by atoms with Gasteiger partial charge in [0.1, 0.15) is 5.82 Å². The van der Waals surface area contributed by atoms with Crippen LogP contribution in [-0.2, 0) is 0 Å². The average Bonchev–Trinajstić information content (AvgIpc) is 2.54. The van der Waals surface area contributed by atoms with Gasteiger partial charge in [-0.25, -0.2) is 4.39 Å². The molecule has 0 saturated heterocycles. The van der Waals surface area contributed by atoms with Crippen molar-refractivity contribution in [2.24, 2.45) is 17.6 Å². The van der Waals surface area contributed by atoms with Gasteiger partial charge in [0, 0.05) is 6.04 Å². The Morgan fingerprint density at radius 1 is 0.955 bits per heavy atom. The van der Waals surface area contributed by atoms with E-state index in [1.807, 2.05) is 19.1 Å². The quantitative estimate of drug-likeness (QED) is 0.755. The van der Waals surface area contributed by atoms with Gasteiger partial charge in [-0.1, -0.05) is 23.7 Å². The molecule has 0 unspecified atom stereocenters. The molecule has 0 aromatic heterocycles. The van der Waals surface area contributed by atoms with Crippen LogP contribution in [0.5, 0.6) is 0 Å². The van der Waals surface area contributed by atoms with Gasteiger partial charge in [-0.3, -0.25) is 0 Å². The Kier molecular flexibility index (Phi) is 5.09. The van der Waals surface area contributed by atoms with Gasteiger partial charge < -0.3 is 5.73 Å². The number of halogens is 2. The van der Waals surface area contributed by atoms with Gasteiger partial charge >= 0.3 is 0 Å². The Morgan fingerprint density at radius 2 is 1.50 bits per heavy atom. The first-order chi connectivity index (χ1) is 10.6. The van der Waals surface area contributed by atoms with Gasteiger partial charge in [0.15, 0.2) is 0 Å². The molecule has 1 nitrogen and oxygen atoms in total. The lowest BCUT2D eigenvalue weighted by Crippen LogP contribution is -2.31. The van der Waals surface area contributed by atoms with Crippen LogP contribution in [0.15, 0.2) is 12.1 Å². The summed E-state index contributed by atoms with van der Waals surface area (Å²) in [6.45, 7) is 1.86. The molecule has 1 aromatic rings. The van der Waals surface area contributed by atoms with E-state index in [4.69, 9.17) is 17.3 Å². The molecule has 1 aromatic carbocycles. The molecule has 0 aliphatic heterocycles. The monoisotopic (exact) mass is 323 g/mol. The first kappa shape index (κ1) is 16.3. The zero-order valence-corrected chi connectivity index (χ0v) is 14.2. The van der Waals surface area contributed by atoms with Crippen LogP contribution in [0.3, 0.4) is 0 Å². The highest BCUT2D eigenvalue weighted by molar-refractivity contribution is 6.31. The molecule has 3 rings (SSSR count). The first-order valence-electron chi connectivity index (χ1n) is 8.76. The molecule has 0 atom stereocenters. The fraction of sp³-hybridized carbons (Fsp3) is 0.684. The minimum Gasteiger partial charge on any atom is -0.328 e. The van der Waals surface area contributed by atoms with Gasteiger partial charge in [-0.05, 0) is 87.2 Å². The maximum absolute atomic E-state index is 14.4. The summed E-state index contributed by atoms with van der Waals surface area (Å²) in [6.07, 6.45) is 9.63. The molecule has 0 amide bonds. The summed E-state index contributed by atoms with van der Waals surface area (Å²) in [6, 6.07) is 4.33. The maximum Gasteiger partial charge on any atom is 0.145 e. The van der Waals surface area contributed by atoms with Crippen molar-refractivity contribution in [1.82, 2.24) is 0 Å². The lowest BCUT2D eigenvalue weighted by molar-refractivity contribution is 0.177. The maximum atomic E-state index is 14.4. The van der Waals surface area contributed by atoms with Crippen molar-refractivity contribution < 1.29 is 4.39 Å². The van der Waals surface area contributed by atoms with E-state index in [0.717, 1.165) is 35.8 Å². The van der Waals surface area contributed by atoms with Crippen molar-refractivity contribution in [2.75, 3.05) is 0 Å². The Morgan fingerprint density at radius 3 is 2.09 bits per heavy atom. The molecule has 2 aliphatic rings. The van der Waals surface area contributed by atoms with Crippen molar-refractivity contribution in [3.8, 4) is 0 Å². The highest BCUT2D eigenvalue weighted by Gasteiger charge is 2.31. The van der Waals surface area contributed by atoms with Crippen molar-refractivity contribution >= 4 is 11.6 Å². The summed E-state index contributed by atoms with van der Waals surface area (Å²) in [5, 5.41) is 0.306. The van der Waals surface area contributed by atoms with E-state index in [-0.39, 0.29) is 5.82 Å². The highest BCUT2D eigenvalue weighted by Crippen LogP contribution is 2.44. The molecular weight excluding hydrogens is 297 g/mol. The van der Waals surface area contributed by atoms with Crippen LogP contribution in [0, 0.1) is 24.6 Å². The minimum atomic E-state index is -0.186. The predicted octanol–water partition coefficient (Wildman–Crippen LogP) is 5.58. The lowest BCUT2D eigenvalue weighted by Gasteiger charge is -2.37. The van der Waals surface area contributed by atoms with E-state index in [1.165, 1.54) is 38.5 Å². The number of nitrogens with two attached hydrogens (primary N) is 1. The second-order valence-corrected chi connectivity index (χ2v) is 7.76. The molecular formula is C19H27ClFN. The van der Waals surface area contributed by atoms with Gasteiger partial charge in [0.25, 0.3) is 0 Å².